The maximum absolute atomic E-state index is 5.58. The van der Waals surface area contributed by atoms with Gasteiger partial charge in [-0.2, -0.15) is 0 Å². The van der Waals surface area contributed by atoms with Crippen molar-refractivity contribution in [2.75, 3.05) is 0 Å². The van der Waals surface area contributed by atoms with Gasteiger partial charge in [-0.1, -0.05) is 54.1 Å². The first-order valence-electron chi connectivity index (χ1n) is 2.73. The molecule has 0 aliphatic heterocycles. The number of hydrogen-bond donors (Lipinski definition) is 0. The van der Waals surface area contributed by atoms with E-state index in [1.165, 1.54) is 5.54 Å². The Balaban J connectivity index is 3.81. The summed E-state index contributed by atoms with van der Waals surface area (Å²) in [4.78, 5) is 0. The first kappa shape index (κ1) is 9.54. The average Bonchev–Trinajstić information content (AvgIpc) is 1.98. The molecule has 0 aromatic heterocycles. The van der Waals surface area contributed by atoms with E-state index in [-0.39, 0.29) is 0 Å². The second-order valence-electron chi connectivity index (χ2n) is 1.46. The standard InChI is InChI=1S/C8H8Cl2/c1-2-8(10)6-4-3-5-7-9/h2-7H,1H2. The van der Waals surface area contributed by atoms with E-state index in [4.69, 9.17) is 23.2 Å². The van der Waals surface area contributed by atoms with Crippen LogP contribution < -0.4 is 0 Å². The lowest BCUT2D eigenvalue weighted by molar-refractivity contribution is 1.86. The summed E-state index contributed by atoms with van der Waals surface area (Å²) in [5.74, 6) is 0. The van der Waals surface area contributed by atoms with Crippen molar-refractivity contribution < 1.29 is 0 Å². The molecule has 54 valence electrons. The van der Waals surface area contributed by atoms with Crippen LogP contribution in [0, 0.1) is 0 Å². The molecule has 10 heavy (non-hydrogen) atoms. The van der Waals surface area contributed by atoms with Crippen molar-refractivity contribution in [3.63, 3.8) is 0 Å². The molecule has 0 aliphatic carbocycles. The molecule has 0 nitrogen and oxygen atoms in total. The lowest BCUT2D eigenvalue weighted by Gasteiger charge is -1.79. The van der Waals surface area contributed by atoms with Crippen molar-refractivity contribution in [3.05, 3.63) is 47.5 Å². The lowest BCUT2D eigenvalue weighted by Crippen LogP contribution is -1.56. The minimum absolute atomic E-state index is 0.610. The molecule has 0 N–H and O–H groups in total. The first-order chi connectivity index (χ1) is 4.81. The normalized spacial score (nSPS) is 13.2. The van der Waals surface area contributed by atoms with Crippen LogP contribution in [-0.2, 0) is 0 Å². The summed E-state index contributed by atoms with van der Waals surface area (Å²) >= 11 is 10.8. The number of halogens is 2. The first-order valence-corrected chi connectivity index (χ1v) is 3.54. The Morgan fingerprint density at radius 1 is 1.20 bits per heavy atom. The molecule has 0 bridgehead atoms. The zero-order chi connectivity index (χ0) is 7.82. The van der Waals surface area contributed by atoms with Gasteiger partial charge in [0.15, 0.2) is 0 Å². The van der Waals surface area contributed by atoms with Gasteiger partial charge < -0.3 is 0 Å². The fraction of sp³-hybridized carbons (Fsp3) is 0. The molecule has 0 saturated carbocycles. The molecule has 0 amide bonds. The van der Waals surface area contributed by atoms with Gasteiger partial charge in [0.05, 0.1) is 0 Å². The second-order valence-corrected chi connectivity index (χ2v) is 2.15. The molecule has 0 aromatic rings. The Bertz CT molecular complexity index is 176. The van der Waals surface area contributed by atoms with Gasteiger partial charge in [-0.15, -0.1) is 0 Å². The molecule has 0 aliphatic rings. The van der Waals surface area contributed by atoms with E-state index in [0.29, 0.717) is 5.03 Å². The van der Waals surface area contributed by atoms with Crippen molar-refractivity contribution in [2.45, 2.75) is 0 Å². The molecule has 0 saturated heterocycles. The summed E-state index contributed by atoms with van der Waals surface area (Å²) in [6.45, 7) is 3.48. The van der Waals surface area contributed by atoms with Crippen LogP contribution in [0.4, 0.5) is 0 Å². The van der Waals surface area contributed by atoms with E-state index < -0.39 is 0 Å². The van der Waals surface area contributed by atoms with Crippen molar-refractivity contribution in [2.24, 2.45) is 0 Å². The van der Waals surface area contributed by atoms with E-state index in [2.05, 4.69) is 6.58 Å². The van der Waals surface area contributed by atoms with E-state index >= 15 is 0 Å². The molecular formula is C8H8Cl2. The highest BCUT2D eigenvalue weighted by Gasteiger charge is 1.74. The Morgan fingerprint density at radius 3 is 2.40 bits per heavy atom. The Labute approximate surface area is 71.1 Å². The number of rotatable bonds is 3. The van der Waals surface area contributed by atoms with E-state index in [1.807, 2.05) is 0 Å². The minimum Gasteiger partial charge on any atom is -0.0976 e. The van der Waals surface area contributed by atoms with Gasteiger partial charge in [0.25, 0.3) is 0 Å². The van der Waals surface area contributed by atoms with E-state index in [1.54, 1.807) is 30.4 Å². The molecular weight excluding hydrogens is 167 g/mol. The molecule has 0 radical (unpaired) electrons. The maximum atomic E-state index is 5.58. The maximum Gasteiger partial charge on any atom is 0.0400 e. The summed E-state index contributed by atoms with van der Waals surface area (Å²) in [6.07, 6.45) is 8.55. The van der Waals surface area contributed by atoms with Crippen molar-refractivity contribution in [1.29, 1.82) is 0 Å². The number of allylic oxidation sites excluding steroid dienone is 6. The largest absolute Gasteiger partial charge is 0.0976 e. The van der Waals surface area contributed by atoms with Crippen LogP contribution in [0.5, 0.6) is 0 Å². The molecule has 0 aromatic carbocycles. The average molecular weight is 175 g/mol. The third kappa shape index (κ3) is 5.67. The highest BCUT2D eigenvalue weighted by molar-refractivity contribution is 6.31. The minimum atomic E-state index is 0.610. The van der Waals surface area contributed by atoms with Crippen LogP contribution in [0.1, 0.15) is 0 Å². The third-order valence-electron chi connectivity index (χ3n) is 0.745. The van der Waals surface area contributed by atoms with Crippen LogP contribution in [-0.4, -0.2) is 0 Å². The predicted molar refractivity (Wildman–Crippen MR) is 48.3 cm³/mol. The van der Waals surface area contributed by atoms with Crippen LogP contribution in [0.25, 0.3) is 0 Å². The van der Waals surface area contributed by atoms with Gasteiger partial charge in [-0.05, 0) is 6.08 Å². The zero-order valence-corrected chi connectivity index (χ0v) is 6.94. The number of hydrogen-bond acceptors (Lipinski definition) is 0. The molecule has 2 heteroatoms. The van der Waals surface area contributed by atoms with Crippen LogP contribution in [0.15, 0.2) is 47.5 Å². The Kier molecular flexibility index (Phi) is 6.35. The van der Waals surface area contributed by atoms with Gasteiger partial charge in [0, 0.05) is 10.6 Å². The highest BCUT2D eigenvalue weighted by atomic mass is 35.5. The van der Waals surface area contributed by atoms with E-state index in [9.17, 15) is 0 Å². The monoisotopic (exact) mass is 174 g/mol. The van der Waals surface area contributed by atoms with Crippen LogP contribution in [0.2, 0.25) is 0 Å². The van der Waals surface area contributed by atoms with Gasteiger partial charge in [0.2, 0.25) is 0 Å². The van der Waals surface area contributed by atoms with Gasteiger partial charge in [-0.3, -0.25) is 0 Å². The fourth-order valence-electron chi connectivity index (χ4n) is 0.322. The van der Waals surface area contributed by atoms with Crippen LogP contribution in [0.3, 0.4) is 0 Å². The molecule has 0 fully saturated rings. The van der Waals surface area contributed by atoms with Gasteiger partial charge in [0.1, 0.15) is 0 Å². The Morgan fingerprint density at radius 2 is 1.90 bits per heavy atom. The Hall–Kier alpha value is -0.460. The summed E-state index contributed by atoms with van der Waals surface area (Å²) in [6, 6.07) is 0. The molecule has 0 atom stereocenters. The SMILES string of the molecule is C=CC(Cl)=CC=CC=CCl. The smallest absolute Gasteiger partial charge is 0.0400 e. The van der Waals surface area contributed by atoms with Crippen molar-refractivity contribution >= 4 is 23.2 Å². The summed E-state index contributed by atoms with van der Waals surface area (Å²) in [5, 5.41) is 0.610. The topological polar surface area (TPSA) is 0 Å². The van der Waals surface area contributed by atoms with Crippen LogP contribution >= 0.6 is 23.2 Å². The lowest BCUT2D eigenvalue weighted by atomic mass is 10.4. The van der Waals surface area contributed by atoms with Gasteiger partial charge in [-0.25, -0.2) is 0 Å². The molecule has 0 rings (SSSR count). The highest BCUT2D eigenvalue weighted by Crippen LogP contribution is 2.00. The van der Waals surface area contributed by atoms with E-state index in [0.717, 1.165) is 0 Å². The fourth-order valence-corrected chi connectivity index (χ4v) is 0.478. The second kappa shape index (κ2) is 6.66. The van der Waals surface area contributed by atoms with Gasteiger partial charge >= 0.3 is 0 Å². The zero-order valence-electron chi connectivity index (χ0n) is 5.43. The third-order valence-corrected chi connectivity index (χ3v) is 1.17. The molecule has 0 unspecified atom stereocenters. The van der Waals surface area contributed by atoms with Crippen molar-refractivity contribution in [3.8, 4) is 0 Å². The summed E-state index contributed by atoms with van der Waals surface area (Å²) in [5.41, 5.74) is 1.42. The molecule has 0 heterocycles. The molecule has 0 spiro atoms. The summed E-state index contributed by atoms with van der Waals surface area (Å²) < 4.78 is 0. The quantitative estimate of drug-likeness (QED) is 0.574. The summed E-state index contributed by atoms with van der Waals surface area (Å²) in [7, 11) is 0. The predicted octanol–water partition coefficient (Wildman–Crippen LogP) is 3.60. The van der Waals surface area contributed by atoms with Crippen molar-refractivity contribution in [1.82, 2.24) is 0 Å².